The van der Waals surface area contributed by atoms with E-state index in [0.29, 0.717) is 29.7 Å². The third-order valence-corrected chi connectivity index (χ3v) is 3.81. The van der Waals surface area contributed by atoms with Gasteiger partial charge in [-0.05, 0) is 43.5 Å². The van der Waals surface area contributed by atoms with Gasteiger partial charge in [0.15, 0.2) is 17.6 Å². The first-order chi connectivity index (χ1) is 12.5. The van der Waals surface area contributed by atoms with Crippen molar-refractivity contribution in [2.24, 2.45) is 5.92 Å². The van der Waals surface area contributed by atoms with Gasteiger partial charge >= 0.3 is 0 Å². The number of anilines is 1. The molecule has 0 saturated heterocycles. The molecule has 0 aromatic heterocycles. The van der Waals surface area contributed by atoms with Gasteiger partial charge in [-0.15, -0.1) is 0 Å². The van der Waals surface area contributed by atoms with Crippen molar-refractivity contribution in [3.63, 3.8) is 0 Å². The summed E-state index contributed by atoms with van der Waals surface area (Å²) in [6.07, 6.45) is 0.317. The van der Waals surface area contributed by atoms with Gasteiger partial charge in [0.2, 0.25) is 0 Å². The van der Waals surface area contributed by atoms with Crippen molar-refractivity contribution in [1.29, 1.82) is 0 Å². The van der Waals surface area contributed by atoms with Gasteiger partial charge in [-0.1, -0.05) is 32.0 Å². The molecule has 2 aromatic rings. The van der Waals surface area contributed by atoms with E-state index in [1.165, 1.54) is 0 Å². The Morgan fingerprint density at radius 2 is 1.77 bits per heavy atom. The number of ether oxygens (including phenoxy) is 3. The zero-order valence-corrected chi connectivity index (χ0v) is 15.8. The molecule has 1 N–H and O–H groups in total. The summed E-state index contributed by atoms with van der Waals surface area (Å²) in [6, 6.07) is 14.6. The fourth-order valence-electron chi connectivity index (χ4n) is 2.28. The molecule has 2 aromatic carbocycles. The van der Waals surface area contributed by atoms with Crippen molar-refractivity contribution in [2.75, 3.05) is 19.0 Å². The van der Waals surface area contributed by atoms with Crippen molar-refractivity contribution < 1.29 is 19.0 Å². The molecule has 0 spiro atoms. The number of hydrogen-bond acceptors (Lipinski definition) is 4. The maximum Gasteiger partial charge on any atom is 0.265 e. The first-order valence-electron chi connectivity index (χ1n) is 8.83. The first-order valence-corrected chi connectivity index (χ1v) is 8.83. The van der Waals surface area contributed by atoms with Crippen LogP contribution in [0.4, 0.5) is 5.69 Å². The summed E-state index contributed by atoms with van der Waals surface area (Å²) in [5.41, 5.74) is 0.674. The number of benzene rings is 2. The van der Waals surface area contributed by atoms with Crippen LogP contribution in [0.5, 0.6) is 17.2 Å². The van der Waals surface area contributed by atoms with Gasteiger partial charge in [0.25, 0.3) is 5.91 Å². The van der Waals surface area contributed by atoms with Gasteiger partial charge in [0.1, 0.15) is 5.75 Å². The summed E-state index contributed by atoms with van der Waals surface area (Å²) in [5, 5.41) is 2.85. The molecular weight excluding hydrogens is 330 g/mol. The number of nitrogens with one attached hydrogen (secondary N) is 1. The Balaban J connectivity index is 1.94. The monoisotopic (exact) mass is 357 g/mol. The van der Waals surface area contributed by atoms with Gasteiger partial charge in [-0.25, -0.2) is 0 Å². The maximum absolute atomic E-state index is 12.4. The smallest absolute Gasteiger partial charge is 0.265 e. The largest absolute Gasteiger partial charge is 0.494 e. The zero-order chi connectivity index (χ0) is 18.9. The molecule has 0 radical (unpaired) electrons. The lowest BCUT2D eigenvalue weighted by atomic mass is 10.1. The van der Waals surface area contributed by atoms with Crippen LogP contribution in [-0.4, -0.2) is 25.7 Å². The minimum absolute atomic E-state index is 0.241. The maximum atomic E-state index is 12.4. The summed E-state index contributed by atoms with van der Waals surface area (Å²) in [7, 11) is 1.57. The molecule has 1 unspecified atom stereocenters. The van der Waals surface area contributed by atoms with Crippen LogP contribution in [0, 0.1) is 5.92 Å². The molecule has 0 aliphatic heterocycles. The lowest BCUT2D eigenvalue weighted by Crippen LogP contribution is -2.30. The number of carbonyl (C=O) groups is 1. The van der Waals surface area contributed by atoms with E-state index in [1.54, 1.807) is 26.2 Å². The summed E-state index contributed by atoms with van der Waals surface area (Å²) in [5.74, 6) is 2.21. The third-order valence-electron chi connectivity index (χ3n) is 3.81. The van der Waals surface area contributed by atoms with Crippen LogP contribution in [-0.2, 0) is 4.79 Å². The van der Waals surface area contributed by atoms with E-state index in [4.69, 9.17) is 14.2 Å². The second kappa shape index (κ2) is 9.70. The molecule has 5 heteroatoms. The highest BCUT2D eigenvalue weighted by molar-refractivity contribution is 5.94. The van der Waals surface area contributed by atoms with Crippen LogP contribution in [0.25, 0.3) is 0 Å². The molecule has 1 atom stereocenters. The Bertz CT molecular complexity index is 715. The molecule has 1 amide bonds. The summed E-state index contributed by atoms with van der Waals surface area (Å²) >= 11 is 0. The second-order valence-electron chi connectivity index (χ2n) is 6.46. The fraction of sp³-hybridized carbons (Fsp3) is 0.381. The molecule has 0 bridgehead atoms. The summed E-state index contributed by atoms with van der Waals surface area (Å²) in [4.78, 5) is 12.4. The molecule has 140 valence electrons. The third kappa shape index (κ3) is 5.99. The van der Waals surface area contributed by atoms with Gasteiger partial charge in [-0.2, -0.15) is 0 Å². The number of rotatable bonds is 9. The molecule has 2 rings (SSSR count). The van der Waals surface area contributed by atoms with Gasteiger partial charge in [-0.3, -0.25) is 4.79 Å². The van der Waals surface area contributed by atoms with Crippen LogP contribution in [0.15, 0.2) is 48.5 Å². The van der Waals surface area contributed by atoms with Gasteiger partial charge in [0, 0.05) is 11.8 Å². The Labute approximate surface area is 155 Å². The Kier molecular flexibility index (Phi) is 7.33. The highest BCUT2D eigenvalue weighted by Gasteiger charge is 2.17. The molecule has 0 saturated carbocycles. The SMILES string of the molecule is COc1ccccc1OC(C)C(=O)Nc1cccc(OCCC(C)C)c1. The molecule has 5 nitrogen and oxygen atoms in total. The lowest BCUT2D eigenvalue weighted by molar-refractivity contribution is -0.122. The van der Waals surface area contributed by atoms with Gasteiger partial charge in [0.05, 0.1) is 13.7 Å². The van der Waals surface area contributed by atoms with Crippen molar-refractivity contribution in [2.45, 2.75) is 33.3 Å². The van der Waals surface area contributed by atoms with E-state index in [9.17, 15) is 4.79 Å². The molecular formula is C21H27NO4. The first kappa shape index (κ1) is 19.6. The summed E-state index contributed by atoms with van der Waals surface area (Å²) < 4.78 is 16.7. The number of carbonyl (C=O) groups excluding carboxylic acids is 1. The normalized spacial score (nSPS) is 11.7. The number of para-hydroxylation sites is 2. The minimum Gasteiger partial charge on any atom is -0.494 e. The predicted molar refractivity (Wildman–Crippen MR) is 103 cm³/mol. The quantitative estimate of drug-likeness (QED) is 0.716. The van der Waals surface area contributed by atoms with Crippen LogP contribution in [0.1, 0.15) is 27.2 Å². The van der Waals surface area contributed by atoms with E-state index >= 15 is 0 Å². The average molecular weight is 357 g/mol. The lowest BCUT2D eigenvalue weighted by Gasteiger charge is -2.17. The van der Waals surface area contributed by atoms with Crippen LogP contribution in [0.2, 0.25) is 0 Å². The van der Waals surface area contributed by atoms with Crippen molar-refractivity contribution in [3.8, 4) is 17.2 Å². The van der Waals surface area contributed by atoms with Crippen LogP contribution in [0.3, 0.4) is 0 Å². The molecule has 0 aliphatic rings. The molecule has 26 heavy (non-hydrogen) atoms. The topological polar surface area (TPSA) is 56.8 Å². The Morgan fingerprint density at radius 3 is 2.46 bits per heavy atom. The Hall–Kier alpha value is -2.69. The second-order valence-corrected chi connectivity index (χ2v) is 6.46. The number of methoxy groups -OCH3 is 1. The molecule has 0 aliphatic carbocycles. The zero-order valence-electron chi connectivity index (χ0n) is 15.8. The fourth-order valence-corrected chi connectivity index (χ4v) is 2.28. The van der Waals surface area contributed by atoms with E-state index in [2.05, 4.69) is 19.2 Å². The van der Waals surface area contributed by atoms with E-state index in [1.807, 2.05) is 36.4 Å². The van der Waals surface area contributed by atoms with E-state index in [0.717, 1.165) is 12.2 Å². The van der Waals surface area contributed by atoms with E-state index < -0.39 is 6.10 Å². The van der Waals surface area contributed by atoms with Crippen LogP contribution < -0.4 is 19.5 Å². The minimum atomic E-state index is -0.670. The number of amides is 1. The molecule has 0 fully saturated rings. The highest BCUT2D eigenvalue weighted by Crippen LogP contribution is 2.27. The molecule has 0 heterocycles. The standard InChI is InChI=1S/C21H27NO4/c1-15(2)12-13-25-18-9-7-8-17(14-18)22-21(23)16(3)26-20-11-6-5-10-19(20)24-4/h5-11,14-16H,12-13H2,1-4H3,(H,22,23). The number of hydrogen-bond donors (Lipinski definition) is 1. The highest BCUT2D eigenvalue weighted by atomic mass is 16.5. The van der Waals surface area contributed by atoms with Crippen LogP contribution >= 0.6 is 0 Å². The van der Waals surface area contributed by atoms with E-state index in [-0.39, 0.29) is 5.91 Å². The van der Waals surface area contributed by atoms with Gasteiger partial charge < -0.3 is 19.5 Å². The van der Waals surface area contributed by atoms with Crippen molar-refractivity contribution >= 4 is 11.6 Å². The Morgan fingerprint density at radius 1 is 1.04 bits per heavy atom. The summed E-state index contributed by atoms with van der Waals surface area (Å²) in [6.45, 7) is 6.67. The van der Waals surface area contributed by atoms with Crippen molar-refractivity contribution in [1.82, 2.24) is 0 Å². The predicted octanol–water partition coefficient (Wildman–Crippen LogP) is 4.53. The van der Waals surface area contributed by atoms with Crippen molar-refractivity contribution in [3.05, 3.63) is 48.5 Å². The average Bonchev–Trinajstić information content (AvgIpc) is 2.62.